The Balaban J connectivity index is 1.16. The SMILES string of the molecule is CCOc1cc(/C=N/NC(=O)c2ccc(COc3ccc(-n4c(C)ccc4C)cc3)o2)cc(Br)c1OCc1cccc(C)c1. The summed E-state index contributed by atoms with van der Waals surface area (Å²) < 4.78 is 26.3. The lowest BCUT2D eigenvalue weighted by Gasteiger charge is -2.15. The van der Waals surface area contributed by atoms with Gasteiger partial charge in [-0.3, -0.25) is 4.79 Å². The molecule has 2 heterocycles. The van der Waals surface area contributed by atoms with Crippen LogP contribution in [0.2, 0.25) is 0 Å². The Bertz CT molecular complexity index is 1750. The van der Waals surface area contributed by atoms with Crippen LogP contribution in [0.3, 0.4) is 0 Å². The second kappa shape index (κ2) is 14.1. The van der Waals surface area contributed by atoms with Crippen LogP contribution in [0.25, 0.3) is 5.69 Å². The summed E-state index contributed by atoms with van der Waals surface area (Å²) in [7, 11) is 0. The van der Waals surface area contributed by atoms with Crippen molar-refractivity contribution in [2.75, 3.05) is 6.61 Å². The third-order valence-corrected chi connectivity index (χ3v) is 7.40. The van der Waals surface area contributed by atoms with Crippen molar-refractivity contribution in [3.8, 4) is 22.9 Å². The van der Waals surface area contributed by atoms with Gasteiger partial charge in [0.25, 0.3) is 0 Å². The van der Waals surface area contributed by atoms with Gasteiger partial charge in [-0.05, 0) is 115 Å². The van der Waals surface area contributed by atoms with E-state index in [0.717, 1.165) is 11.3 Å². The molecule has 0 aliphatic rings. The Hall–Kier alpha value is -4.76. The number of hydrogen-bond donors (Lipinski definition) is 1. The van der Waals surface area contributed by atoms with Gasteiger partial charge in [-0.2, -0.15) is 5.10 Å². The molecule has 0 spiro atoms. The quantitative estimate of drug-likeness (QED) is 0.108. The molecule has 2 aromatic heterocycles. The number of carbonyl (C=O) groups is 1. The van der Waals surface area contributed by atoms with Gasteiger partial charge in [0.2, 0.25) is 0 Å². The van der Waals surface area contributed by atoms with Crippen molar-refractivity contribution < 1.29 is 23.4 Å². The molecule has 5 rings (SSSR count). The van der Waals surface area contributed by atoms with E-state index in [0.29, 0.717) is 46.3 Å². The van der Waals surface area contributed by atoms with Crippen LogP contribution >= 0.6 is 15.9 Å². The van der Waals surface area contributed by atoms with E-state index in [4.69, 9.17) is 18.6 Å². The van der Waals surface area contributed by atoms with E-state index in [9.17, 15) is 4.79 Å². The predicted molar refractivity (Wildman–Crippen MR) is 174 cm³/mol. The summed E-state index contributed by atoms with van der Waals surface area (Å²) >= 11 is 3.58. The van der Waals surface area contributed by atoms with Gasteiger partial charge in [0, 0.05) is 17.1 Å². The number of nitrogens with one attached hydrogen (secondary N) is 1. The smallest absolute Gasteiger partial charge is 0.307 e. The number of rotatable bonds is 12. The van der Waals surface area contributed by atoms with Crippen LogP contribution in [0.4, 0.5) is 0 Å². The van der Waals surface area contributed by atoms with E-state index in [2.05, 4.69) is 63.1 Å². The van der Waals surface area contributed by atoms with Crippen molar-refractivity contribution in [2.24, 2.45) is 5.10 Å². The number of hydrazone groups is 1. The number of aromatic nitrogens is 1. The van der Waals surface area contributed by atoms with Crippen LogP contribution in [0.5, 0.6) is 17.2 Å². The number of ether oxygens (including phenoxy) is 3. The standard InChI is InChI=1S/C35H34BrN3O5/c1-5-41-33-19-27(18-31(36)34(33)43-21-26-8-6-7-23(2)17-26)20-37-38-35(40)32-16-15-30(44-32)22-42-29-13-11-28(12-14-29)39-24(3)9-10-25(39)4/h6-20H,5,21-22H2,1-4H3,(H,38,40)/b37-20+. The number of hydrogen-bond acceptors (Lipinski definition) is 6. The van der Waals surface area contributed by atoms with Crippen molar-refractivity contribution in [3.63, 3.8) is 0 Å². The first-order valence-corrected chi connectivity index (χ1v) is 15.0. The summed E-state index contributed by atoms with van der Waals surface area (Å²) in [6, 6.07) is 27.1. The molecule has 0 radical (unpaired) electrons. The Labute approximate surface area is 265 Å². The lowest BCUT2D eigenvalue weighted by atomic mass is 10.1. The van der Waals surface area contributed by atoms with Gasteiger partial charge >= 0.3 is 5.91 Å². The van der Waals surface area contributed by atoms with Gasteiger partial charge in [-0.1, -0.05) is 29.8 Å². The molecule has 3 aromatic carbocycles. The average Bonchev–Trinajstić information content (AvgIpc) is 3.62. The number of amides is 1. The van der Waals surface area contributed by atoms with Gasteiger partial charge in [0.05, 0.1) is 17.3 Å². The lowest BCUT2D eigenvalue weighted by Crippen LogP contribution is -2.16. The van der Waals surface area contributed by atoms with Crippen molar-refractivity contribution in [3.05, 3.63) is 129 Å². The summed E-state index contributed by atoms with van der Waals surface area (Å²) in [5.74, 6) is 2.05. The van der Waals surface area contributed by atoms with Crippen LogP contribution < -0.4 is 19.6 Å². The summed E-state index contributed by atoms with van der Waals surface area (Å²) in [5, 5.41) is 4.10. The highest BCUT2D eigenvalue weighted by atomic mass is 79.9. The van der Waals surface area contributed by atoms with E-state index in [1.807, 2.05) is 68.4 Å². The second-order valence-electron chi connectivity index (χ2n) is 10.2. The zero-order valence-corrected chi connectivity index (χ0v) is 26.7. The van der Waals surface area contributed by atoms with E-state index in [1.54, 1.807) is 12.1 Å². The maximum absolute atomic E-state index is 12.6. The molecule has 0 aliphatic carbocycles. The first kappa shape index (κ1) is 30.7. The van der Waals surface area contributed by atoms with Gasteiger partial charge < -0.3 is 23.2 Å². The van der Waals surface area contributed by atoms with E-state index in [-0.39, 0.29) is 12.4 Å². The maximum atomic E-state index is 12.6. The zero-order chi connectivity index (χ0) is 31.1. The third-order valence-electron chi connectivity index (χ3n) is 6.81. The number of nitrogens with zero attached hydrogens (tertiary/aromatic N) is 2. The maximum Gasteiger partial charge on any atom is 0.307 e. The van der Waals surface area contributed by atoms with Crippen molar-refractivity contribution >= 4 is 28.1 Å². The number of furan rings is 1. The third kappa shape index (κ3) is 7.60. The topological polar surface area (TPSA) is 87.2 Å². The van der Waals surface area contributed by atoms with Crippen molar-refractivity contribution in [1.29, 1.82) is 0 Å². The van der Waals surface area contributed by atoms with Crippen LogP contribution in [0.1, 0.15) is 51.3 Å². The fourth-order valence-corrected chi connectivity index (χ4v) is 5.32. The normalized spacial score (nSPS) is 11.1. The molecule has 44 heavy (non-hydrogen) atoms. The highest BCUT2D eigenvalue weighted by molar-refractivity contribution is 9.10. The summed E-state index contributed by atoms with van der Waals surface area (Å²) in [6.07, 6.45) is 1.53. The number of carbonyl (C=O) groups excluding carboxylic acids is 1. The minimum absolute atomic E-state index is 0.130. The first-order valence-electron chi connectivity index (χ1n) is 14.3. The minimum Gasteiger partial charge on any atom is -0.490 e. The monoisotopic (exact) mass is 655 g/mol. The van der Waals surface area contributed by atoms with Crippen LogP contribution in [0.15, 0.2) is 98.9 Å². The summed E-state index contributed by atoms with van der Waals surface area (Å²) in [4.78, 5) is 12.6. The molecule has 9 heteroatoms. The van der Waals surface area contributed by atoms with Crippen LogP contribution in [-0.2, 0) is 13.2 Å². The van der Waals surface area contributed by atoms with Crippen LogP contribution in [0, 0.1) is 20.8 Å². The molecule has 0 atom stereocenters. The molecular formula is C35H34BrN3O5. The molecule has 0 bridgehead atoms. The van der Waals surface area contributed by atoms with Gasteiger partial charge in [-0.25, -0.2) is 5.43 Å². The minimum atomic E-state index is -0.475. The van der Waals surface area contributed by atoms with Gasteiger partial charge in [0.1, 0.15) is 24.7 Å². The highest BCUT2D eigenvalue weighted by Crippen LogP contribution is 2.37. The van der Waals surface area contributed by atoms with E-state index >= 15 is 0 Å². The van der Waals surface area contributed by atoms with Crippen molar-refractivity contribution in [2.45, 2.75) is 40.9 Å². The Kier molecular flexibility index (Phi) is 9.86. The molecule has 0 saturated carbocycles. The number of halogens is 1. The Morgan fingerprint density at radius 2 is 1.68 bits per heavy atom. The number of aryl methyl sites for hydroxylation is 3. The molecular weight excluding hydrogens is 622 g/mol. The Morgan fingerprint density at radius 3 is 2.41 bits per heavy atom. The second-order valence-corrected chi connectivity index (χ2v) is 11.1. The molecule has 1 N–H and O–H groups in total. The largest absolute Gasteiger partial charge is 0.490 e. The first-order chi connectivity index (χ1) is 21.3. The molecule has 226 valence electrons. The molecule has 8 nitrogen and oxygen atoms in total. The lowest BCUT2D eigenvalue weighted by molar-refractivity contribution is 0.0923. The fraction of sp³-hybridized carbons (Fsp3) is 0.200. The van der Waals surface area contributed by atoms with Crippen molar-refractivity contribution in [1.82, 2.24) is 9.99 Å². The van der Waals surface area contributed by atoms with Gasteiger partial charge in [-0.15, -0.1) is 0 Å². The van der Waals surface area contributed by atoms with E-state index in [1.165, 1.54) is 23.2 Å². The molecule has 0 aliphatic heterocycles. The molecule has 0 unspecified atom stereocenters. The predicted octanol–water partition coefficient (Wildman–Crippen LogP) is 8.08. The Morgan fingerprint density at radius 1 is 0.909 bits per heavy atom. The fourth-order valence-electron chi connectivity index (χ4n) is 4.74. The summed E-state index contributed by atoms with van der Waals surface area (Å²) in [6.45, 7) is 9.16. The highest BCUT2D eigenvalue weighted by Gasteiger charge is 2.14. The molecule has 0 fully saturated rings. The molecule has 1 amide bonds. The van der Waals surface area contributed by atoms with Gasteiger partial charge in [0.15, 0.2) is 17.3 Å². The average molecular weight is 657 g/mol. The zero-order valence-electron chi connectivity index (χ0n) is 25.1. The van der Waals surface area contributed by atoms with E-state index < -0.39 is 5.91 Å². The molecule has 5 aromatic rings. The number of benzene rings is 3. The molecule has 0 saturated heterocycles. The van der Waals surface area contributed by atoms with Crippen LogP contribution in [-0.4, -0.2) is 23.3 Å². The summed E-state index contributed by atoms with van der Waals surface area (Å²) in [5.41, 5.74) is 8.86.